The van der Waals surface area contributed by atoms with Crippen LogP contribution in [0.5, 0.6) is 5.75 Å². The molecule has 0 radical (unpaired) electrons. The Morgan fingerprint density at radius 2 is 1.84 bits per heavy atom. The van der Waals surface area contributed by atoms with E-state index in [2.05, 4.69) is 9.71 Å². The number of benzene rings is 2. The van der Waals surface area contributed by atoms with Gasteiger partial charge in [0, 0.05) is 22.5 Å². The lowest BCUT2D eigenvalue weighted by Crippen LogP contribution is -2.28. The van der Waals surface area contributed by atoms with Gasteiger partial charge < -0.3 is 4.74 Å². The van der Waals surface area contributed by atoms with E-state index in [4.69, 9.17) is 51.1 Å². The highest BCUT2D eigenvalue weighted by atomic mass is 35.5. The van der Waals surface area contributed by atoms with E-state index in [1.165, 1.54) is 24.3 Å². The Hall–Kier alpha value is -1.96. The van der Waals surface area contributed by atoms with Crippen LogP contribution in [0.2, 0.25) is 10.0 Å². The zero-order valence-electron chi connectivity index (χ0n) is 15.7. The van der Waals surface area contributed by atoms with E-state index in [-0.39, 0.29) is 21.4 Å². The van der Waals surface area contributed by atoms with Crippen molar-refractivity contribution in [3.05, 3.63) is 87.3 Å². The molecule has 31 heavy (non-hydrogen) atoms. The Balaban J connectivity index is 1.58. The van der Waals surface area contributed by atoms with Gasteiger partial charge in [0.1, 0.15) is 16.4 Å². The molecule has 0 amide bonds. The fourth-order valence-electron chi connectivity index (χ4n) is 3.06. The van der Waals surface area contributed by atoms with Crippen LogP contribution in [0, 0.1) is 0 Å². The van der Waals surface area contributed by atoms with Crippen LogP contribution >= 0.6 is 46.4 Å². The molecule has 3 aromatic rings. The standard InChI is InChI=1S/C21H14Cl4N2O3S/c22-13-5-6-20(16(23)8-13)31(28,29)27-14-9-17(24)21(18(25)10-14)30-15-7-12-3-1-2-4-19(12)26-11-15/h1-9,11,18,27H,10H2/t18-/m0/s1. The summed E-state index contributed by atoms with van der Waals surface area (Å²) in [4.78, 5) is 4.24. The molecule has 0 saturated heterocycles. The molecule has 0 fully saturated rings. The number of rotatable bonds is 5. The number of fused-ring (bicyclic) bond motifs is 1. The molecule has 5 nitrogen and oxygen atoms in total. The minimum absolute atomic E-state index is 0.00768. The zero-order valence-corrected chi connectivity index (χ0v) is 19.5. The van der Waals surface area contributed by atoms with Gasteiger partial charge in [-0.1, -0.05) is 53.0 Å². The van der Waals surface area contributed by atoms with Gasteiger partial charge in [-0.15, -0.1) is 11.6 Å². The van der Waals surface area contributed by atoms with E-state index in [1.807, 2.05) is 30.3 Å². The fourth-order valence-corrected chi connectivity index (χ4v) is 5.62. The number of hydrogen-bond acceptors (Lipinski definition) is 4. The van der Waals surface area contributed by atoms with Crippen molar-refractivity contribution in [2.24, 2.45) is 0 Å². The number of halogens is 4. The summed E-state index contributed by atoms with van der Waals surface area (Å²) in [5.41, 5.74) is 1.14. The number of pyridine rings is 1. The highest BCUT2D eigenvalue weighted by Crippen LogP contribution is 2.33. The fraction of sp³-hybridized carbons (Fsp3) is 0.0952. The Kier molecular flexibility index (Phi) is 6.37. The first-order valence-corrected chi connectivity index (χ1v) is 12.0. The molecule has 1 aliphatic carbocycles. The molecule has 0 saturated carbocycles. The van der Waals surface area contributed by atoms with Gasteiger partial charge in [-0.2, -0.15) is 0 Å². The molecule has 1 N–H and O–H groups in total. The number of nitrogens with zero attached hydrogens (tertiary/aromatic N) is 1. The zero-order chi connectivity index (χ0) is 22.2. The second kappa shape index (κ2) is 8.88. The summed E-state index contributed by atoms with van der Waals surface area (Å²) in [7, 11) is -3.95. The van der Waals surface area contributed by atoms with Crippen molar-refractivity contribution in [1.29, 1.82) is 0 Å². The van der Waals surface area contributed by atoms with Crippen LogP contribution in [0.25, 0.3) is 10.9 Å². The first-order valence-electron chi connectivity index (χ1n) is 8.98. The van der Waals surface area contributed by atoms with Crippen molar-refractivity contribution in [2.75, 3.05) is 0 Å². The SMILES string of the molecule is O=S(=O)(NC1=CC(Cl)=C(Oc2cnc3ccccc3c2)[C@@H](Cl)C1)c1ccc(Cl)cc1Cl. The van der Waals surface area contributed by atoms with Crippen molar-refractivity contribution in [2.45, 2.75) is 16.7 Å². The number of aromatic nitrogens is 1. The molecule has 1 aliphatic rings. The van der Waals surface area contributed by atoms with Gasteiger partial charge in [-0.25, -0.2) is 8.42 Å². The number of sulfonamides is 1. The van der Waals surface area contributed by atoms with Crippen molar-refractivity contribution < 1.29 is 13.2 Å². The van der Waals surface area contributed by atoms with E-state index in [0.717, 1.165) is 10.9 Å². The highest BCUT2D eigenvalue weighted by molar-refractivity contribution is 7.89. The Morgan fingerprint density at radius 1 is 1.06 bits per heavy atom. The summed E-state index contributed by atoms with van der Waals surface area (Å²) in [5.74, 6) is 0.788. The summed E-state index contributed by atoms with van der Waals surface area (Å²) in [6.07, 6.45) is 3.19. The van der Waals surface area contributed by atoms with E-state index in [9.17, 15) is 8.42 Å². The number of alkyl halides is 1. The van der Waals surface area contributed by atoms with Gasteiger partial charge in [-0.05, 0) is 36.4 Å². The van der Waals surface area contributed by atoms with Gasteiger partial charge in [0.2, 0.25) is 0 Å². The predicted octanol–water partition coefficient (Wildman–Crippen LogP) is 6.24. The van der Waals surface area contributed by atoms with Crippen molar-refractivity contribution in [3.8, 4) is 5.75 Å². The van der Waals surface area contributed by atoms with E-state index in [1.54, 1.807) is 6.20 Å². The summed E-state index contributed by atoms with van der Waals surface area (Å²) < 4.78 is 33.8. The molecule has 0 aliphatic heterocycles. The van der Waals surface area contributed by atoms with Crippen LogP contribution in [0.3, 0.4) is 0 Å². The van der Waals surface area contributed by atoms with Crippen LogP contribution in [0.4, 0.5) is 0 Å². The number of para-hydroxylation sites is 1. The molecular formula is C21H14Cl4N2O3S. The normalized spacial score (nSPS) is 16.9. The molecule has 160 valence electrons. The smallest absolute Gasteiger partial charge is 0.263 e. The van der Waals surface area contributed by atoms with Gasteiger partial charge in [0.15, 0.2) is 0 Å². The van der Waals surface area contributed by atoms with Gasteiger partial charge >= 0.3 is 0 Å². The first kappa shape index (κ1) is 22.2. The predicted molar refractivity (Wildman–Crippen MR) is 124 cm³/mol. The Morgan fingerprint density at radius 3 is 2.58 bits per heavy atom. The lowest BCUT2D eigenvalue weighted by atomic mass is 10.1. The highest BCUT2D eigenvalue weighted by Gasteiger charge is 2.27. The quantitative estimate of drug-likeness (QED) is 0.408. The molecule has 10 heteroatoms. The Bertz CT molecular complexity index is 1340. The van der Waals surface area contributed by atoms with Gasteiger partial charge in [-0.3, -0.25) is 9.71 Å². The third-order valence-electron chi connectivity index (χ3n) is 4.46. The Labute approximate surface area is 199 Å². The number of allylic oxidation sites excluding steroid dienone is 4. The molecule has 2 aromatic carbocycles. The minimum atomic E-state index is -3.95. The topological polar surface area (TPSA) is 68.3 Å². The van der Waals surface area contributed by atoms with Crippen molar-refractivity contribution >= 4 is 67.3 Å². The average molecular weight is 516 g/mol. The van der Waals surface area contributed by atoms with E-state index >= 15 is 0 Å². The van der Waals surface area contributed by atoms with Crippen LogP contribution in [-0.2, 0) is 10.0 Å². The molecule has 0 spiro atoms. The van der Waals surface area contributed by atoms with E-state index < -0.39 is 15.4 Å². The van der Waals surface area contributed by atoms with E-state index in [0.29, 0.717) is 22.2 Å². The van der Waals surface area contributed by atoms with Crippen LogP contribution in [-0.4, -0.2) is 18.8 Å². The van der Waals surface area contributed by atoms with Crippen molar-refractivity contribution in [1.82, 2.24) is 9.71 Å². The lowest BCUT2D eigenvalue weighted by molar-refractivity contribution is 0.399. The lowest BCUT2D eigenvalue weighted by Gasteiger charge is -2.23. The molecule has 4 rings (SSSR count). The molecule has 0 bridgehead atoms. The largest absolute Gasteiger partial charge is 0.457 e. The van der Waals surface area contributed by atoms with Crippen molar-refractivity contribution in [3.63, 3.8) is 0 Å². The molecule has 1 aromatic heterocycles. The third-order valence-corrected chi connectivity index (χ3v) is 7.24. The number of nitrogens with one attached hydrogen (secondary N) is 1. The summed E-state index contributed by atoms with van der Waals surface area (Å²) >= 11 is 24.7. The molecular weight excluding hydrogens is 502 g/mol. The number of hydrogen-bond donors (Lipinski definition) is 1. The molecule has 1 heterocycles. The minimum Gasteiger partial charge on any atom is -0.457 e. The van der Waals surface area contributed by atoms with Gasteiger partial charge in [0.05, 0.1) is 27.1 Å². The summed E-state index contributed by atoms with van der Waals surface area (Å²) in [5, 5.41) is 0.732. The van der Waals surface area contributed by atoms with Crippen LogP contribution in [0.1, 0.15) is 6.42 Å². The average Bonchev–Trinajstić information content (AvgIpc) is 2.70. The first-order chi connectivity index (χ1) is 14.7. The van der Waals surface area contributed by atoms with Gasteiger partial charge in [0.25, 0.3) is 10.0 Å². The second-order valence-corrected chi connectivity index (χ2v) is 10.1. The monoisotopic (exact) mass is 514 g/mol. The number of ether oxygens (including phenoxy) is 1. The second-order valence-electron chi connectivity index (χ2n) is 6.70. The molecule has 1 atom stereocenters. The van der Waals surface area contributed by atoms with Crippen LogP contribution < -0.4 is 9.46 Å². The van der Waals surface area contributed by atoms with Crippen LogP contribution in [0.15, 0.2) is 82.2 Å². The maximum atomic E-state index is 12.7. The third kappa shape index (κ3) is 4.94. The maximum absolute atomic E-state index is 12.7. The maximum Gasteiger partial charge on any atom is 0.263 e. The summed E-state index contributed by atoms with van der Waals surface area (Å²) in [6.45, 7) is 0. The molecule has 0 unspecified atom stereocenters. The summed E-state index contributed by atoms with van der Waals surface area (Å²) in [6, 6.07) is 13.6.